The molecule has 0 aliphatic heterocycles. The molecule has 0 fully saturated rings. The SMILES string of the molecule is c1ccc(-n2c3ccc(-n4c5ccccc5c5ccccc54)cc3c3c2ccc2c4cc(-n5c6ccccc6c6ccccc65)ccc4n(-c4ccccc4)c23)cc1. The monoisotopic (exact) mass is 738 g/mol. The summed E-state index contributed by atoms with van der Waals surface area (Å²) in [4.78, 5) is 0. The Hall–Kier alpha value is -7.82. The Morgan fingerprint density at radius 3 is 1.07 bits per heavy atom. The van der Waals surface area contributed by atoms with E-state index in [-0.39, 0.29) is 0 Å². The molecule has 4 heterocycles. The summed E-state index contributed by atoms with van der Waals surface area (Å²) in [5.41, 5.74) is 14.1. The minimum atomic E-state index is 1.14. The normalized spacial score (nSPS) is 12.1. The first kappa shape index (κ1) is 31.4. The summed E-state index contributed by atoms with van der Waals surface area (Å²) in [5.74, 6) is 0. The predicted molar refractivity (Wildman–Crippen MR) is 244 cm³/mol. The molecule has 0 aliphatic rings. The van der Waals surface area contributed by atoms with Crippen molar-refractivity contribution < 1.29 is 0 Å². The smallest absolute Gasteiger partial charge is 0.0641 e. The van der Waals surface area contributed by atoms with E-state index in [1.54, 1.807) is 0 Å². The number of hydrogen-bond acceptors (Lipinski definition) is 0. The lowest BCUT2D eigenvalue weighted by Gasteiger charge is -2.11. The van der Waals surface area contributed by atoms with Gasteiger partial charge in [-0.1, -0.05) is 115 Å². The number of para-hydroxylation sites is 6. The van der Waals surface area contributed by atoms with Gasteiger partial charge in [-0.15, -0.1) is 0 Å². The van der Waals surface area contributed by atoms with Gasteiger partial charge in [-0.05, 0) is 91.0 Å². The second-order valence-electron chi connectivity index (χ2n) is 15.3. The largest absolute Gasteiger partial charge is 0.309 e. The lowest BCUT2D eigenvalue weighted by Crippen LogP contribution is -1.96. The molecule has 4 aromatic heterocycles. The first-order valence-electron chi connectivity index (χ1n) is 20.0. The van der Waals surface area contributed by atoms with Crippen LogP contribution in [0.2, 0.25) is 0 Å². The van der Waals surface area contributed by atoms with E-state index in [4.69, 9.17) is 0 Å². The Morgan fingerprint density at radius 1 is 0.207 bits per heavy atom. The Balaban J connectivity index is 1.18. The van der Waals surface area contributed by atoms with Crippen molar-refractivity contribution in [2.45, 2.75) is 0 Å². The number of benzene rings is 9. The van der Waals surface area contributed by atoms with E-state index >= 15 is 0 Å². The molecule has 0 saturated heterocycles. The maximum Gasteiger partial charge on any atom is 0.0641 e. The Labute approximate surface area is 333 Å². The molecule has 13 rings (SSSR count). The first-order chi connectivity index (χ1) is 28.8. The molecule has 0 unspecified atom stereocenters. The van der Waals surface area contributed by atoms with Gasteiger partial charge < -0.3 is 18.3 Å². The molecular formula is C54H34N4. The summed E-state index contributed by atoms with van der Waals surface area (Å²) in [5, 5.41) is 9.94. The third-order valence-corrected chi connectivity index (χ3v) is 12.3. The molecule has 58 heavy (non-hydrogen) atoms. The van der Waals surface area contributed by atoms with Gasteiger partial charge in [0.15, 0.2) is 0 Å². The summed E-state index contributed by atoms with van der Waals surface area (Å²) in [6.07, 6.45) is 0. The quantitative estimate of drug-likeness (QED) is 0.171. The molecule has 0 radical (unpaired) electrons. The van der Waals surface area contributed by atoms with Crippen LogP contribution in [0, 0.1) is 0 Å². The van der Waals surface area contributed by atoms with Crippen molar-refractivity contribution in [1.82, 2.24) is 18.3 Å². The van der Waals surface area contributed by atoms with Crippen molar-refractivity contribution in [3.63, 3.8) is 0 Å². The highest BCUT2D eigenvalue weighted by Crippen LogP contribution is 2.44. The maximum atomic E-state index is 2.49. The van der Waals surface area contributed by atoms with E-state index in [1.165, 1.54) is 87.2 Å². The summed E-state index contributed by atoms with van der Waals surface area (Å²) in [6.45, 7) is 0. The van der Waals surface area contributed by atoms with Crippen LogP contribution < -0.4 is 0 Å². The van der Waals surface area contributed by atoms with Gasteiger partial charge in [0.1, 0.15) is 0 Å². The molecule has 13 aromatic rings. The maximum absolute atomic E-state index is 2.49. The van der Waals surface area contributed by atoms with Crippen molar-refractivity contribution in [3.8, 4) is 22.7 Å². The molecule has 0 spiro atoms. The van der Waals surface area contributed by atoms with Crippen molar-refractivity contribution in [3.05, 3.63) is 206 Å². The molecule has 0 saturated carbocycles. The molecular weight excluding hydrogens is 705 g/mol. The zero-order chi connectivity index (χ0) is 37.9. The van der Waals surface area contributed by atoms with Crippen LogP contribution in [0.3, 0.4) is 0 Å². The number of nitrogens with zero attached hydrogens (tertiary/aromatic N) is 4. The minimum Gasteiger partial charge on any atom is -0.309 e. The highest BCUT2D eigenvalue weighted by Gasteiger charge is 2.23. The van der Waals surface area contributed by atoms with E-state index in [2.05, 4.69) is 225 Å². The van der Waals surface area contributed by atoms with Gasteiger partial charge in [0, 0.05) is 65.8 Å². The average Bonchev–Trinajstić information content (AvgIpc) is 4.01. The molecule has 0 amide bonds. The van der Waals surface area contributed by atoms with Gasteiger partial charge in [-0.2, -0.15) is 0 Å². The highest BCUT2D eigenvalue weighted by atomic mass is 15.0. The van der Waals surface area contributed by atoms with E-state index in [9.17, 15) is 0 Å². The number of aromatic nitrogens is 4. The van der Waals surface area contributed by atoms with E-state index in [0.717, 1.165) is 22.7 Å². The molecule has 270 valence electrons. The first-order valence-corrected chi connectivity index (χ1v) is 20.0. The summed E-state index contributed by atoms with van der Waals surface area (Å²) >= 11 is 0. The molecule has 9 aromatic carbocycles. The zero-order valence-electron chi connectivity index (χ0n) is 31.4. The summed E-state index contributed by atoms with van der Waals surface area (Å²) in [6, 6.07) is 75.5. The third kappa shape index (κ3) is 4.23. The highest BCUT2D eigenvalue weighted by molar-refractivity contribution is 6.27. The lowest BCUT2D eigenvalue weighted by molar-refractivity contribution is 1.16. The van der Waals surface area contributed by atoms with Gasteiger partial charge in [-0.25, -0.2) is 0 Å². The Kier molecular flexibility index (Phi) is 6.41. The average molecular weight is 739 g/mol. The Bertz CT molecular complexity index is 3680. The van der Waals surface area contributed by atoms with E-state index < -0.39 is 0 Å². The molecule has 0 bridgehead atoms. The predicted octanol–water partition coefficient (Wildman–Crippen LogP) is 14.1. The fraction of sp³-hybridized carbons (Fsp3) is 0. The van der Waals surface area contributed by atoms with Crippen LogP contribution in [0.15, 0.2) is 206 Å². The Morgan fingerprint density at radius 2 is 0.569 bits per heavy atom. The van der Waals surface area contributed by atoms with Crippen LogP contribution in [0.4, 0.5) is 0 Å². The van der Waals surface area contributed by atoms with Crippen molar-refractivity contribution >= 4 is 87.2 Å². The number of hydrogen-bond donors (Lipinski definition) is 0. The van der Waals surface area contributed by atoms with Gasteiger partial charge >= 0.3 is 0 Å². The third-order valence-electron chi connectivity index (χ3n) is 12.3. The molecule has 0 N–H and O–H groups in total. The van der Waals surface area contributed by atoms with Crippen LogP contribution in [-0.4, -0.2) is 18.3 Å². The van der Waals surface area contributed by atoms with Crippen molar-refractivity contribution in [2.24, 2.45) is 0 Å². The van der Waals surface area contributed by atoms with Crippen molar-refractivity contribution in [1.29, 1.82) is 0 Å². The van der Waals surface area contributed by atoms with Crippen LogP contribution in [-0.2, 0) is 0 Å². The second kappa shape index (κ2) is 11.8. The molecule has 0 atom stereocenters. The topological polar surface area (TPSA) is 19.7 Å². The molecule has 4 nitrogen and oxygen atoms in total. The summed E-state index contributed by atoms with van der Waals surface area (Å²) < 4.78 is 9.79. The fourth-order valence-electron chi connectivity index (χ4n) is 9.97. The van der Waals surface area contributed by atoms with Crippen LogP contribution >= 0.6 is 0 Å². The van der Waals surface area contributed by atoms with Crippen LogP contribution in [0.1, 0.15) is 0 Å². The number of rotatable bonds is 4. The van der Waals surface area contributed by atoms with Gasteiger partial charge in [-0.3, -0.25) is 0 Å². The molecule has 0 aliphatic carbocycles. The molecule has 4 heteroatoms. The standard InChI is InChI=1S/C54H34N4/c1-3-15-35(16-4-1)55-51-31-28-38(57-48-25-13-9-21-41(48)42-22-10-14-26-49(42)57)34-45(51)53-52(55)32-29-43-44-33-37(27-30-50(44)58(54(43)53)36-17-5-2-6-18-36)56-46-23-11-7-19-39(46)40-20-8-12-24-47(40)56/h1-34H. The van der Waals surface area contributed by atoms with Crippen LogP contribution in [0.5, 0.6) is 0 Å². The minimum absolute atomic E-state index is 1.14. The lowest BCUT2D eigenvalue weighted by atomic mass is 10.1. The zero-order valence-corrected chi connectivity index (χ0v) is 31.4. The fourth-order valence-corrected chi connectivity index (χ4v) is 9.97. The summed E-state index contributed by atoms with van der Waals surface area (Å²) in [7, 11) is 0. The number of fused-ring (bicyclic) bond motifs is 13. The van der Waals surface area contributed by atoms with Crippen molar-refractivity contribution in [2.75, 3.05) is 0 Å². The van der Waals surface area contributed by atoms with E-state index in [0.29, 0.717) is 0 Å². The second-order valence-corrected chi connectivity index (χ2v) is 15.3. The van der Waals surface area contributed by atoms with Crippen LogP contribution in [0.25, 0.3) is 110 Å². The van der Waals surface area contributed by atoms with Gasteiger partial charge in [0.05, 0.1) is 44.1 Å². The van der Waals surface area contributed by atoms with Gasteiger partial charge in [0.25, 0.3) is 0 Å². The van der Waals surface area contributed by atoms with Gasteiger partial charge in [0.2, 0.25) is 0 Å². The van der Waals surface area contributed by atoms with E-state index in [1.807, 2.05) is 0 Å².